The molecule has 0 amide bonds. The van der Waals surface area contributed by atoms with Gasteiger partial charge in [-0.15, -0.1) is 11.3 Å². The molecule has 1 fully saturated rings. The average Bonchev–Trinajstić information content (AvgIpc) is 3.09. The first-order valence-electron chi connectivity index (χ1n) is 6.43. The van der Waals surface area contributed by atoms with Gasteiger partial charge in [0, 0.05) is 49.3 Å². The molecule has 1 atom stereocenters. The van der Waals surface area contributed by atoms with Crippen molar-refractivity contribution in [3.05, 3.63) is 22.4 Å². The number of nitrogens with zero attached hydrogens (tertiary/aromatic N) is 5. The predicted octanol–water partition coefficient (Wildman–Crippen LogP) is 2.19. The summed E-state index contributed by atoms with van der Waals surface area (Å²) < 4.78 is 4.25. The number of hydrogen-bond donors (Lipinski definition) is 0. The molecule has 19 heavy (non-hydrogen) atoms. The molecule has 0 spiro atoms. The molecule has 3 heterocycles. The number of thiazole rings is 1. The average molecular weight is 295 g/mol. The zero-order valence-corrected chi connectivity index (χ0v) is 12.7. The van der Waals surface area contributed by atoms with Crippen molar-refractivity contribution < 1.29 is 0 Å². The van der Waals surface area contributed by atoms with Crippen molar-refractivity contribution >= 4 is 28.0 Å². The number of hydrogen-bond acceptors (Lipinski definition) is 7. The van der Waals surface area contributed by atoms with E-state index >= 15 is 0 Å². The van der Waals surface area contributed by atoms with Gasteiger partial charge in [0.2, 0.25) is 5.13 Å². The molecule has 7 heteroatoms. The Labute approximate surface area is 121 Å². The van der Waals surface area contributed by atoms with Crippen LogP contribution in [0.3, 0.4) is 0 Å². The molecule has 5 nitrogen and oxygen atoms in total. The summed E-state index contributed by atoms with van der Waals surface area (Å²) in [4.78, 5) is 13.7. The second kappa shape index (κ2) is 5.52. The van der Waals surface area contributed by atoms with E-state index in [2.05, 4.69) is 31.1 Å². The van der Waals surface area contributed by atoms with Crippen molar-refractivity contribution in [1.82, 2.24) is 19.2 Å². The van der Waals surface area contributed by atoms with E-state index in [-0.39, 0.29) is 0 Å². The van der Waals surface area contributed by atoms with Crippen LogP contribution in [0.15, 0.2) is 11.6 Å². The van der Waals surface area contributed by atoms with Crippen LogP contribution in [0.5, 0.6) is 0 Å². The molecule has 0 bridgehead atoms. The molecule has 1 unspecified atom stereocenters. The summed E-state index contributed by atoms with van der Waals surface area (Å²) in [7, 11) is 0. The Hall–Kier alpha value is -1.05. The Balaban J connectivity index is 1.60. The molecule has 0 aliphatic carbocycles. The Bertz CT molecular complexity index is 516. The largest absolute Gasteiger partial charge is 0.344 e. The Kier molecular flexibility index (Phi) is 3.76. The Morgan fingerprint density at radius 1 is 1.26 bits per heavy atom. The van der Waals surface area contributed by atoms with Crippen LogP contribution >= 0.6 is 22.9 Å². The third-order valence-electron chi connectivity index (χ3n) is 3.46. The summed E-state index contributed by atoms with van der Waals surface area (Å²) >= 11 is 3.24. The normalized spacial score (nSPS) is 18.7. The Morgan fingerprint density at radius 3 is 2.63 bits per heavy atom. The first kappa shape index (κ1) is 13.0. The van der Waals surface area contributed by atoms with E-state index in [1.54, 1.807) is 11.3 Å². The topological polar surface area (TPSA) is 45.2 Å². The maximum absolute atomic E-state index is 4.46. The van der Waals surface area contributed by atoms with Gasteiger partial charge in [-0.05, 0) is 13.8 Å². The van der Waals surface area contributed by atoms with Crippen molar-refractivity contribution in [2.45, 2.75) is 19.9 Å². The van der Waals surface area contributed by atoms with Gasteiger partial charge in [-0.25, -0.2) is 9.97 Å². The fraction of sp³-hybridized carbons (Fsp3) is 0.583. The fourth-order valence-electron chi connectivity index (χ4n) is 2.31. The lowest BCUT2D eigenvalue weighted by Gasteiger charge is -2.37. The summed E-state index contributed by atoms with van der Waals surface area (Å²) in [6.45, 7) is 8.33. The number of rotatable bonds is 3. The molecular formula is C12H17N5S2. The van der Waals surface area contributed by atoms with Gasteiger partial charge < -0.3 is 4.90 Å². The number of piperazine rings is 1. The van der Waals surface area contributed by atoms with Gasteiger partial charge in [0.05, 0.1) is 6.04 Å². The molecular weight excluding hydrogens is 278 g/mol. The fourth-order valence-corrected chi connectivity index (χ4v) is 3.77. The van der Waals surface area contributed by atoms with E-state index in [0.29, 0.717) is 6.04 Å². The smallest absolute Gasteiger partial charge is 0.205 e. The first-order valence-corrected chi connectivity index (χ1v) is 8.08. The van der Waals surface area contributed by atoms with E-state index in [1.807, 2.05) is 18.5 Å². The highest BCUT2D eigenvalue weighted by atomic mass is 32.1. The van der Waals surface area contributed by atoms with E-state index < -0.39 is 0 Å². The van der Waals surface area contributed by atoms with Crippen LogP contribution in [0.2, 0.25) is 0 Å². The molecule has 2 aromatic heterocycles. The molecule has 102 valence electrons. The van der Waals surface area contributed by atoms with Crippen molar-refractivity contribution in [3.63, 3.8) is 0 Å². The highest BCUT2D eigenvalue weighted by Crippen LogP contribution is 2.25. The highest BCUT2D eigenvalue weighted by Gasteiger charge is 2.24. The maximum Gasteiger partial charge on any atom is 0.205 e. The van der Waals surface area contributed by atoms with Crippen LogP contribution in [-0.4, -0.2) is 45.4 Å². The molecule has 1 saturated heterocycles. The summed E-state index contributed by atoms with van der Waals surface area (Å²) in [5.41, 5.74) is 0. The maximum atomic E-state index is 4.46. The zero-order valence-electron chi connectivity index (χ0n) is 11.1. The van der Waals surface area contributed by atoms with Crippen LogP contribution in [0, 0.1) is 6.92 Å². The van der Waals surface area contributed by atoms with Crippen molar-refractivity contribution in [2.75, 3.05) is 31.1 Å². The zero-order chi connectivity index (χ0) is 13.2. The standard InChI is InChI=1S/C12H17N5S2/c1-9(11-13-3-8-18-11)16-4-6-17(7-5-16)12-14-10(2)15-19-12/h3,8-9H,4-7H2,1-2H3. The summed E-state index contributed by atoms with van der Waals surface area (Å²) in [5, 5.41) is 4.31. The molecule has 0 aromatic carbocycles. The van der Waals surface area contributed by atoms with Crippen LogP contribution in [-0.2, 0) is 0 Å². The predicted molar refractivity (Wildman–Crippen MR) is 79.0 cm³/mol. The number of anilines is 1. The van der Waals surface area contributed by atoms with Crippen LogP contribution in [0.4, 0.5) is 5.13 Å². The van der Waals surface area contributed by atoms with Crippen LogP contribution in [0.25, 0.3) is 0 Å². The lowest BCUT2D eigenvalue weighted by atomic mass is 10.2. The van der Waals surface area contributed by atoms with Gasteiger partial charge >= 0.3 is 0 Å². The van der Waals surface area contributed by atoms with Crippen molar-refractivity contribution in [3.8, 4) is 0 Å². The third-order valence-corrected chi connectivity index (χ3v) is 5.27. The minimum atomic E-state index is 0.415. The van der Waals surface area contributed by atoms with E-state index in [1.165, 1.54) is 16.5 Å². The van der Waals surface area contributed by atoms with Gasteiger partial charge in [-0.2, -0.15) is 4.37 Å². The number of aromatic nitrogens is 3. The molecule has 0 radical (unpaired) electrons. The van der Waals surface area contributed by atoms with Crippen molar-refractivity contribution in [1.29, 1.82) is 0 Å². The first-order chi connectivity index (χ1) is 9.24. The Morgan fingerprint density at radius 2 is 2.05 bits per heavy atom. The number of aryl methyl sites for hydroxylation is 1. The van der Waals surface area contributed by atoms with Gasteiger partial charge in [0.25, 0.3) is 0 Å². The van der Waals surface area contributed by atoms with Crippen molar-refractivity contribution in [2.24, 2.45) is 0 Å². The van der Waals surface area contributed by atoms with E-state index in [4.69, 9.17) is 0 Å². The van der Waals surface area contributed by atoms with E-state index in [0.717, 1.165) is 37.1 Å². The van der Waals surface area contributed by atoms with Gasteiger partial charge in [0.1, 0.15) is 10.8 Å². The molecule has 1 aliphatic heterocycles. The molecule has 2 aromatic rings. The van der Waals surface area contributed by atoms with Gasteiger partial charge in [0.15, 0.2) is 0 Å². The monoisotopic (exact) mass is 295 g/mol. The molecule has 1 aliphatic rings. The van der Waals surface area contributed by atoms with E-state index in [9.17, 15) is 0 Å². The highest BCUT2D eigenvalue weighted by molar-refractivity contribution is 7.09. The summed E-state index contributed by atoms with van der Waals surface area (Å²) in [6.07, 6.45) is 1.89. The SMILES string of the molecule is Cc1nsc(N2CCN(C(C)c3nccs3)CC2)n1. The molecule has 3 rings (SSSR count). The lowest BCUT2D eigenvalue weighted by Crippen LogP contribution is -2.47. The lowest BCUT2D eigenvalue weighted by molar-refractivity contribution is 0.198. The second-order valence-electron chi connectivity index (χ2n) is 4.69. The molecule has 0 N–H and O–H groups in total. The minimum Gasteiger partial charge on any atom is -0.344 e. The van der Waals surface area contributed by atoms with Gasteiger partial charge in [-0.1, -0.05) is 0 Å². The summed E-state index contributed by atoms with van der Waals surface area (Å²) in [6, 6.07) is 0.415. The second-order valence-corrected chi connectivity index (χ2v) is 6.35. The molecule has 0 saturated carbocycles. The van der Waals surface area contributed by atoms with Crippen LogP contribution in [0.1, 0.15) is 23.8 Å². The van der Waals surface area contributed by atoms with Crippen LogP contribution < -0.4 is 4.90 Å². The quantitative estimate of drug-likeness (QED) is 0.868. The third kappa shape index (κ3) is 2.77. The summed E-state index contributed by atoms with van der Waals surface area (Å²) in [5.74, 6) is 0.874. The minimum absolute atomic E-state index is 0.415. The van der Waals surface area contributed by atoms with Gasteiger partial charge in [-0.3, -0.25) is 4.90 Å².